The van der Waals surface area contributed by atoms with Gasteiger partial charge in [0.05, 0.1) is 14.2 Å². The summed E-state index contributed by atoms with van der Waals surface area (Å²) in [4.78, 5) is 11.3. The van der Waals surface area contributed by atoms with Crippen molar-refractivity contribution in [2.45, 2.75) is 0 Å². The molecule has 104 valence electrons. The molecule has 0 fully saturated rings. The number of methoxy groups -OCH3 is 2. The summed E-state index contributed by atoms with van der Waals surface area (Å²) in [7, 11) is 2.70. The smallest absolute Gasteiger partial charge is 0.373 e. The molecule has 0 aliphatic carbocycles. The van der Waals surface area contributed by atoms with Crippen molar-refractivity contribution in [3.05, 3.63) is 53.0 Å². The van der Waals surface area contributed by atoms with Gasteiger partial charge in [0.25, 0.3) is 0 Å². The predicted octanol–water partition coefficient (Wildman–Crippen LogP) is 3.80. The van der Waals surface area contributed by atoms with E-state index >= 15 is 0 Å². The fourth-order valence-corrected chi connectivity index (χ4v) is 1.85. The molecule has 0 saturated carbocycles. The number of ether oxygens (including phenoxy) is 2. The summed E-state index contributed by atoms with van der Waals surface area (Å²) in [6.07, 6.45) is 4.87. The molecule has 1 aromatic carbocycles. The zero-order valence-electron chi connectivity index (χ0n) is 11.1. The lowest BCUT2D eigenvalue weighted by atomic mass is 10.2. The molecule has 2 aromatic rings. The van der Waals surface area contributed by atoms with Gasteiger partial charge in [-0.05, 0) is 36.4 Å². The Kier molecular flexibility index (Phi) is 4.48. The quantitative estimate of drug-likeness (QED) is 0.372. The van der Waals surface area contributed by atoms with E-state index in [0.717, 1.165) is 11.0 Å². The Bertz CT molecular complexity index is 682. The summed E-state index contributed by atoms with van der Waals surface area (Å²) in [5.41, 5.74) is 0.748. The van der Waals surface area contributed by atoms with Crippen LogP contribution in [0.3, 0.4) is 0 Å². The monoisotopic (exact) mass is 292 g/mol. The van der Waals surface area contributed by atoms with Gasteiger partial charge in [0, 0.05) is 10.4 Å². The van der Waals surface area contributed by atoms with E-state index < -0.39 is 5.97 Å². The topological polar surface area (TPSA) is 48.7 Å². The van der Waals surface area contributed by atoms with Gasteiger partial charge in [-0.2, -0.15) is 0 Å². The number of esters is 1. The second-order valence-electron chi connectivity index (χ2n) is 3.92. The Hall–Kier alpha value is -2.20. The van der Waals surface area contributed by atoms with Crippen molar-refractivity contribution in [2.24, 2.45) is 0 Å². The minimum Gasteiger partial charge on any atom is -0.490 e. The molecule has 20 heavy (non-hydrogen) atoms. The zero-order chi connectivity index (χ0) is 14.5. The number of carbonyl (C=O) groups is 1. The number of benzene rings is 1. The third-order valence-corrected chi connectivity index (χ3v) is 2.85. The van der Waals surface area contributed by atoms with Crippen molar-refractivity contribution in [1.82, 2.24) is 0 Å². The lowest BCUT2D eigenvalue weighted by Gasteiger charge is -2.00. The highest BCUT2D eigenvalue weighted by Gasteiger charge is 2.07. The van der Waals surface area contributed by atoms with E-state index in [-0.39, 0.29) is 5.76 Å². The van der Waals surface area contributed by atoms with Gasteiger partial charge in [0.2, 0.25) is 5.76 Å². The van der Waals surface area contributed by atoms with E-state index in [1.165, 1.54) is 20.3 Å². The van der Waals surface area contributed by atoms with Gasteiger partial charge in [-0.25, -0.2) is 4.79 Å². The summed E-state index contributed by atoms with van der Waals surface area (Å²) in [5, 5.41) is 1.57. The van der Waals surface area contributed by atoms with Gasteiger partial charge in [-0.3, -0.25) is 0 Å². The highest BCUT2D eigenvalue weighted by Crippen LogP contribution is 2.23. The Balaban J connectivity index is 2.21. The molecule has 0 aliphatic rings. The van der Waals surface area contributed by atoms with Gasteiger partial charge >= 0.3 is 5.97 Å². The second-order valence-corrected chi connectivity index (χ2v) is 4.35. The third-order valence-electron chi connectivity index (χ3n) is 2.61. The Labute approximate surface area is 121 Å². The molecule has 1 aromatic heterocycles. The van der Waals surface area contributed by atoms with E-state index in [1.807, 2.05) is 12.1 Å². The molecule has 2 rings (SSSR count). The van der Waals surface area contributed by atoms with Crippen molar-refractivity contribution in [3.63, 3.8) is 0 Å². The molecule has 0 atom stereocenters. The van der Waals surface area contributed by atoms with Crippen LogP contribution in [0, 0.1) is 0 Å². The molecule has 0 N–H and O–H groups in total. The molecule has 4 nitrogen and oxygen atoms in total. The molecular weight excluding hydrogens is 280 g/mol. The normalized spacial score (nSPS) is 12.1. The van der Waals surface area contributed by atoms with Crippen LogP contribution in [0.15, 0.2) is 46.6 Å². The maximum absolute atomic E-state index is 11.3. The van der Waals surface area contributed by atoms with Crippen LogP contribution in [0.25, 0.3) is 17.0 Å². The molecule has 0 amide bonds. The molecular formula is C15H13ClO4. The number of fused-ring (bicyclic) bond motifs is 1. The van der Waals surface area contributed by atoms with E-state index in [0.29, 0.717) is 10.8 Å². The number of hydrogen-bond donors (Lipinski definition) is 0. The first-order valence-electron chi connectivity index (χ1n) is 5.84. The lowest BCUT2D eigenvalue weighted by molar-refractivity contribution is -0.139. The van der Waals surface area contributed by atoms with E-state index in [1.54, 1.807) is 24.3 Å². The van der Waals surface area contributed by atoms with Crippen LogP contribution < -0.4 is 0 Å². The molecule has 0 bridgehead atoms. The van der Waals surface area contributed by atoms with E-state index in [2.05, 4.69) is 4.74 Å². The van der Waals surface area contributed by atoms with Crippen molar-refractivity contribution in [3.8, 4) is 0 Å². The fraction of sp³-hybridized carbons (Fsp3) is 0.133. The maximum Gasteiger partial charge on any atom is 0.373 e. The number of hydrogen-bond acceptors (Lipinski definition) is 4. The number of carbonyl (C=O) groups excluding carboxylic acids is 1. The van der Waals surface area contributed by atoms with Crippen LogP contribution in [0.1, 0.15) is 5.76 Å². The number of furan rings is 1. The SMILES string of the molecule is COC(=O)/C(=C/C=C/c1cc2cc(Cl)ccc2o1)OC. The third kappa shape index (κ3) is 3.22. The average Bonchev–Trinajstić information content (AvgIpc) is 2.84. The van der Waals surface area contributed by atoms with Crippen LogP contribution in [-0.4, -0.2) is 20.2 Å². The second kappa shape index (κ2) is 6.30. The van der Waals surface area contributed by atoms with Gasteiger partial charge in [0.1, 0.15) is 11.3 Å². The molecule has 0 unspecified atom stereocenters. The first-order valence-corrected chi connectivity index (χ1v) is 6.21. The number of rotatable bonds is 4. The van der Waals surface area contributed by atoms with Crippen LogP contribution in [-0.2, 0) is 14.3 Å². The number of halogens is 1. The first kappa shape index (κ1) is 14.2. The highest BCUT2D eigenvalue weighted by atomic mass is 35.5. The van der Waals surface area contributed by atoms with Crippen LogP contribution >= 0.6 is 11.6 Å². The fourth-order valence-electron chi connectivity index (χ4n) is 1.67. The van der Waals surface area contributed by atoms with Crippen LogP contribution in [0.2, 0.25) is 5.02 Å². The summed E-state index contributed by atoms with van der Waals surface area (Å²) < 4.78 is 15.1. The lowest BCUT2D eigenvalue weighted by Crippen LogP contribution is -2.05. The van der Waals surface area contributed by atoms with Crippen molar-refractivity contribution in [1.29, 1.82) is 0 Å². The standard InChI is InChI=1S/C15H13ClO4/c1-18-14(15(17)19-2)5-3-4-12-9-10-8-11(16)6-7-13(10)20-12/h3-9H,1-2H3/b4-3+,14-5-. The summed E-state index contributed by atoms with van der Waals surface area (Å²) >= 11 is 5.91. The minimum absolute atomic E-state index is 0.114. The summed E-state index contributed by atoms with van der Waals surface area (Å²) in [6, 6.07) is 7.25. The molecule has 0 spiro atoms. The Morgan fingerprint density at radius 1 is 1.25 bits per heavy atom. The minimum atomic E-state index is -0.534. The van der Waals surface area contributed by atoms with Crippen molar-refractivity contribution >= 4 is 34.6 Å². The largest absolute Gasteiger partial charge is 0.490 e. The number of allylic oxidation sites excluding steroid dienone is 2. The van der Waals surface area contributed by atoms with Gasteiger partial charge in [-0.1, -0.05) is 17.7 Å². The van der Waals surface area contributed by atoms with Crippen molar-refractivity contribution in [2.75, 3.05) is 14.2 Å². The molecule has 0 radical (unpaired) electrons. The Morgan fingerprint density at radius 3 is 2.75 bits per heavy atom. The summed E-state index contributed by atoms with van der Waals surface area (Å²) in [6.45, 7) is 0. The van der Waals surface area contributed by atoms with Crippen LogP contribution in [0.4, 0.5) is 0 Å². The van der Waals surface area contributed by atoms with Crippen LogP contribution in [0.5, 0.6) is 0 Å². The van der Waals surface area contributed by atoms with E-state index in [9.17, 15) is 4.79 Å². The van der Waals surface area contributed by atoms with Crippen molar-refractivity contribution < 1.29 is 18.7 Å². The maximum atomic E-state index is 11.3. The molecule has 1 heterocycles. The average molecular weight is 293 g/mol. The summed E-state index contributed by atoms with van der Waals surface area (Å²) in [5.74, 6) is 0.232. The Morgan fingerprint density at radius 2 is 2.05 bits per heavy atom. The molecule has 5 heteroatoms. The van der Waals surface area contributed by atoms with Gasteiger partial charge in [-0.15, -0.1) is 0 Å². The molecule has 0 aliphatic heterocycles. The van der Waals surface area contributed by atoms with Gasteiger partial charge in [0.15, 0.2) is 0 Å². The molecule has 0 saturated heterocycles. The van der Waals surface area contributed by atoms with Gasteiger partial charge < -0.3 is 13.9 Å². The highest BCUT2D eigenvalue weighted by molar-refractivity contribution is 6.31. The zero-order valence-corrected chi connectivity index (χ0v) is 11.8. The van der Waals surface area contributed by atoms with E-state index in [4.69, 9.17) is 20.8 Å². The predicted molar refractivity (Wildman–Crippen MR) is 77.4 cm³/mol. The first-order chi connectivity index (χ1) is 9.63.